The van der Waals surface area contributed by atoms with Crippen LogP contribution in [0.3, 0.4) is 0 Å². The zero-order chi connectivity index (χ0) is 17.5. The van der Waals surface area contributed by atoms with E-state index >= 15 is 0 Å². The van der Waals surface area contributed by atoms with E-state index in [0.717, 1.165) is 11.1 Å². The molecule has 1 saturated heterocycles. The van der Waals surface area contributed by atoms with Gasteiger partial charge in [0.15, 0.2) is 0 Å². The monoisotopic (exact) mass is 339 g/mol. The zero-order valence-corrected chi connectivity index (χ0v) is 14.6. The van der Waals surface area contributed by atoms with Crippen molar-refractivity contribution in [3.63, 3.8) is 0 Å². The predicted molar refractivity (Wildman–Crippen MR) is 97.5 cm³/mol. The minimum Gasteiger partial charge on any atom is -0.376 e. The number of likely N-dealkylation sites (N-methyl/N-ethyl adjacent to an activating group) is 1. The molecule has 0 N–H and O–H groups in total. The Bertz CT molecular complexity index is 614. The second-order valence-corrected chi connectivity index (χ2v) is 6.42. The smallest absolute Gasteiger partial charge is 0.223 e. The van der Waals surface area contributed by atoms with Crippen LogP contribution < -0.4 is 0 Å². The van der Waals surface area contributed by atoms with Crippen molar-refractivity contribution in [2.45, 2.75) is 18.4 Å². The third-order valence-corrected chi connectivity index (χ3v) is 4.57. The molecule has 1 amide bonds. The molecule has 0 saturated carbocycles. The average Bonchev–Trinajstić information content (AvgIpc) is 2.68. The number of rotatable bonds is 6. The van der Waals surface area contributed by atoms with E-state index < -0.39 is 0 Å². The Morgan fingerprint density at radius 2 is 1.64 bits per heavy atom. The van der Waals surface area contributed by atoms with E-state index in [-0.39, 0.29) is 17.9 Å². The molecular formula is C21H25NO3. The Labute approximate surface area is 149 Å². The molecule has 1 aliphatic heterocycles. The van der Waals surface area contributed by atoms with Crippen molar-refractivity contribution in [2.24, 2.45) is 0 Å². The lowest BCUT2D eigenvalue weighted by Crippen LogP contribution is -2.41. The molecule has 3 rings (SSSR count). The van der Waals surface area contributed by atoms with Crippen LogP contribution in [0.1, 0.15) is 23.5 Å². The predicted octanol–water partition coefficient (Wildman–Crippen LogP) is 3.08. The minimum absolute atomic E-state index is 0.0328. The molecule has 0 bridgehead atoms. The highest BCUT2D eigenvalue weighted by Crippen LogP contribution is 2.28. The van der Waals surface area contributed by atoms with Crippen LogP contribution in [-0.2, 0) is 14.3 Å². The second kappa shape index (κ2) is 8.79. The highest BCUT2D eigenvalue weighted by atomic mass is 16.6. The second-order valence-electron chi connectivity index (χ2n) is 6.42. The van der Waals surface area contributed by atoms with Crippen molar-refractivity contribution in [3.8, 4) is 0 Å². The Hall–Kier alpha value is -2.17. The minimum atomic E-state index is -0.0328. The summed E-state index contributed by atoms with van der Waals surface area (Å²) in [6, 6.07) is 20.4. The summed E-state index contributed by atoms with van der Waals surface area (Å²) in [6.07, 6.45) is 0.410. The molecule has 0 spiro atoms. The number of amides is 1. The highest BCUT2D eigenvalue weighted by Gasteiger charge is 2.23. The van der Waals surface area contributed by atoms with Crippen LogP contribution in [0.25, 0.3) is 0 Å². The van der Waals surface area contributed by atoms with Gasteiger partial charge in [-0.2, -0.15) is 0 Å². The summed E-state index contributed by atoms with van der Waals surface area (Å²) in [6.45, 7) is 2.36. The van der Waals surface area contributed by atoms with Crippen LogP contribution in [0.2, 0.25) is 0 Å². The summed E-state index contributed by atoms with van der Waals surface area (Å²) < 4.78 is 11.1. The first-order valence-corrected chi connectivity index (χ1v) is 8.77. The maximum Gasteiger partial charge on any atom is 0.223 e. The van der Waals surface area contributed by atoms with E-state index in [9.17, 15) is 4.79 Å². The quantitative estimate of drug-likeness (QED) is 0.812. The molecular weight excluding hydrogens is 314 g/mol. The molecule has 0 aromatic heterocycles. The van der Waals surface area contributed by atoms with Gasteiger partial charge in [0, 0.05) is 25.9 Å². The molecule has 2 aromatic carbocycles. The van der Waals surface area contributed by atoms with E-state index in [1.807, 2.05) is 43.4 Å². The Balaban J connectivity index is 1.70. The third kappa shape index (κ3) is 4.91. The number of carbonyl (C=O) groups is 1. The fourth-order valence-corrected chi connectivity index (χ4v) is 3.18. The van der Waals surface area contributed by atoms with Gasteiger partial charge in [0.2, 0.25) is 5.91 Å². The number of ether oxygens (including phenoxy) is 2. The molecule has 1 atom stereocenters. The third-order valence-electron chi connectivity index (χ3n) is 4.57. The van der Waals surface area contributed by atoms with Gasteiger partial charge in [-0.25, -0.2) is 0 Å². The largest absolute Gasteiger partial charge is 0.376 e. The van der Waals surface area contributed by atoms with Crippen molar-refractivity contribution in [3.05, 3.63) is 71.8 Å². The standard InChI is InChI=1S/C21H25NO3/c1-22(15-19-16-24-12-13-25-19)21(23)14-20(17-8-4-2-5-9-17)18-10-6-3-7-11-18/h2-11,19-20H,12-16H2,1H3. The molecule has 1 unspecified atom stereocenters. The van der Waals surface area contributed by atoms with Gasteiger partial charge in [0.25, 0.3) is 0 Å². The zero-order valence-electron chi connectivity index (χ0n) is 14.6. The van der Waals surface area contributed by atoms with Gasteiger partial charge in [-0.05, 0) is 11.1 Å². The van der Waals surface area contributed by atoms with Gasteiger partial charge in [-0.1, -0.05) is 60.7 Å². The van der Waals surface area contributed by atoms with E-state index in [0.29, 0.717) is 32.8 Å². The number of nitrogens with zero attached hydrogens (tertiary/aromatic N) is 1. The first-order chi connectivity index (χ1) is 12.2. The number of hydrogen-bond acceptors (Lipinski definition) is 3. The maximum atomic E-state index is 12.8. The Morgan fingerprint density at radius 1 is 1.04 bits per heavy atom. The summed E-state index contributed by atoms with van der Waals surface area (Å²) in [5.74, 6) is 0.174. The molecule has 132 valence electrons. The number of benzene rings is 2. The first-order valence-electron chi connectivity index (χ1n) is 8.77. The molecule has 2 aromatic rings. The molecule has 4 heteroatoms. The van der Waals surface area contributed by atoms with Gasteiger partial charge in [0.1, 0.15) is 0 Å². The Morgan fingerprint density at radius 3 is 2.16 bits per heavy atom. The average molecular weight is 339 g/mol. The van der Waals surface area contributed by atoms with Crippen LogP contribution >= 0.6 is 0 Å². The summed E-state index contributed by atoms with van der Waals surface area (Å²) in [5.41, 5.74) is 2.32. The maximum absolute atomic E-state index is 12.8. The van der Waals surface area contributed by atoms with Crippen LogP contribution in [0.4, 0.5) is 0 Å². The molecule has 0 aliphatic carbocycles. The normalized spacial score (nSPS) is 17.4. The number of carbonyl (C=O) groups excluding carboxylic acids is 1. The molecule has 1 fully saturated rings. The lowest BCUT2D eigenvalue weighted by atomic mass is 9.88. The molecule has 25 heavy (non-hydrogen) atoms. The van der Waals surface area contributed by atoms with Gasteiger partial charge in [0.05, 0.1) is 25.9 Å². The first kappa shape index (κ1) is 17.6. The van der Waals surface area contributed by atoms with Crippen molar-refractivity contribution < 1.29 is 14.3 Å². The summed E-state index contributed by atoms with van der Waals surface area (Å²) in [5, 5.41) is 0. The lowest BCUT2D eigenvalue weighted by molar-refractivity contribution is -0.136. The van der Waals surface area contributed by atoms with Crippen molar-refractivity contribution >= 4 is 5.91 Å². The van der Waals surface area contributed by atoms with Crippen molar-refractivity contribution in [2.75, 3.05) is 33.4 Å². The van der Waals surface area contributed by atoms with Crippen LogP contribution in [0.5, 0.6) is 0 Å². The van der Waals surface area contributed by atoms with E-state index in [4.69, 9.17) is 9.47 Å². The van der Waals surface area contributed by atoms with Gasteiger partial charge in [-0.3, -0.25) is 4.79 Å². The highest BCUT2D eigenvalue weighted by molar-refractivity contribution is 5.77. The van der Waals surface area contributed by atoms with Crippen LogP contribution in [0, 0.1) is 0 Å². The van der Waals surface area contributed by atoms with E-state index in [2.05, 4.69) is 24.3 Å². The van der Waals surface area contributed by atoms with E-state index in [1.54, 1.807) is 4.90 Å². The topological polar surface area (TPSA) is 38.8 Å². The van der Waals surface area contributed by atoms with Gasteiger partial charge < -0.3 is 14.4 Å². The number of hydrogen-bond donors (Lipinski definition) is 0. The van der Waals surface area contributed by atoms with Crippen LogP contribution in [-0.4, -0.2) is 50.3 Å². The summed E-state index contributed by atoms with van der Waals surface area (Å²) in [4.78, 5) is 14.6. The summed E-state index contributed by atoms with van der Waals surface area (Å²) >= 11 is 0. The van der Waals surface area contributed by atoms with Crippen molar-refractivity contribution in [1.29, 1.82) is 0 Å². The fourth-order valence-electron chi connectivity index (χ4n) is 3.18. The Kier molecular flexibility index (Phi) is 6.20. The summed E-state index contributed by atoms with van der Waals surface area (Å²) in [7, 11) is 1.84. The molecule has 0 radical (unpaired) electrons. The van der Waals surface area contributed by atoms with Crippen molar-refractivity contribution in [1.82, 2.24) is 4.90 Å². The van der Waals surface area contributed by atoms with Gasteiger partial charge >= 0.3 is 0 Å². The fraction of sp³-hybridized carbons (Fsp3) is 0.381. The molecule has 4 nitrogen and oxygen atoms in total. The van der Waals surface area contributed by atoms with E-state index in [1.165, 1.54) is 0 Å². The SMILES string of the molecule is CN(CC1COCCO1)C(=O)CC(c1ccccc1)c1ccccc1. The van der Waals surface area contributed by atoms with Crippen LogP contribution in [0.15, 0.2) is 60.7 Å². The molecule has 1 heterocycles. The lowest BCUT2D eigenvalue weighted by Gasteiger charge is -2.28. The van der Waals surface area contributed by atoms with Gasteiger partial charge in [-0.15, -0.1) is 0 Å². The molecule has 1 aliphatic rings.